The largest absolute Gasteiger partial charge is 0.267 e. The molecule has 0 N–H and O–H groups in total. The summed E-state index contributed by atoms with van der Waals surface area (Å²) in [5, 5.41) is 9.28. The zero-order chi connectivity index (χ0) is 23.4. The molecular weight excluding hydrogens is 454 g/mol. The van der Waals surface area contributed by atoms with Gasteiger partial charge >= 0.3 is 0 Å². The average molecular weight is 476 g/mol. The topological polar surface area (TPSA) is 62.1 Å². The molecule has 0 aliphatic carbocycles. The summed E-state index contributed by atoms with van der Waals surface area (Å²) in [6, 6.07) is 25.6. The Kier molecular flexibility index (Phi) is 6.58. The van der Waals surface area contributed by atoms with Crippen LogP contribution in [0.3, 0.4) is 0 Å². The summed E-state index contributed by atoms with van der Waals surface area (Å²) >= 11 is 6.56. The third-order valence-electron chi connectivity index (χ3n) is 5.22. The lowest BCUT2D eigenvalue weighted by Crippen LogP contribution is -2.26. The van der Waals surface area contributed by atoms with Gasteiger partial charge < -0.3 is 0 Å². The van der Waals surface area contributed by atoms with E-state index < -0.39 is 10.0 Å². The Bertz CT molecular complexity index is 1380. The molecule has 0 saturated heterocycles. The van der Waals surface area contributed by atoms with Gasteiger partial charge in [0.05, 0.1) is 15.6 Å². The third-order valence-corrected chi connectivity index (χ3v) is 7.31. The molecule has 166 valence electrons. The molecule has 5 nitrogen and oxygen atoms in total. The molecule has 0 amide bonds. The predicted octanol–water partition coefficient (Wildman–Crippen LogP) is 6.61. The Balaban J connectivity index is 1.86. The summed E-state index contributed by atoms with van der Waals surface area (Å²) < 4.78 is 28.1. The summed E-state index contributed by atoms with van der Waals surface area (Å²) in [4.78, 5) is 0.189. The highest BCUT2D eigenvalue weighted by Crippen LogP contribution is 2.33. The molecule has 4 rings (SSSR count). The molecule has 0 radical (unpaired) electrons. The molecule has 33 heavy (non-hydrogen) atoms. The van der Waals surface area contributed by atoms with Crippen LogP contribution < -0.4 is 0 Å². The van der Waals surface area contributed by atoms with Gasteiger partial charge in [0.25, 0.3) is 10.0 Å². The number of allylic oxidation sites excluding steroid dienone is 3. The van der Waals surface area contributed by atoms with Gasteiger partial charge in [-0.25, -0.2) is 8.42 Å². The summed E-state index contributed by atoms with van der Waals surface area (Å²) in [6.45, 7) is 1.91. The number of halogens is 1. The Hall–Kier alpha value is -3.48. The number of sulfonamides is 1. The smallest absolute Gasteiger partial charge is 0.264 e. The highest BCUT2D eigenvalue weighted by Gasteiger charge is 2.25. The van der Waals surface area contributed by atoms with Crippen molar-refractivity contribution in [3.8, 4) is 0 Å². The lowest BCUT2D eigenvalue weighted by molar-refractivity contribution is 0.529. The Morgan fingerprint density at radius 2 is 1.24 bits per heavy atom. The first-order chi connectivity index (χ1) is 15.9. The van der Waals surface area contributed by atoms with Crippen molar-refractivity contribution in [2.24, 2.45) is 10.2 Å². The average Bonchev–Trinajstić information content (AvgIpc) is 2.83. The molecule has 1 aliphatic rings. The number of hydrogen-bond acceptors (Lipinski definition) is 4. The monoisotopic (exact) mass is 475 g/mol. The van der Waals surface area contributed by atoms with Gasteiger partial charge in [-0.3, -0.25) is 4.31 Å². The van der Waals surface area contributed by atoms with Crippen molar-refractivity contribution in [1.29, 1.82) is 0 Å². The van der Waals surface area contributed by atoms with Gasteiger partial charge in [0, 0.05) is 18.2 Å². The zero-order valence-electron chi connectivity index (χ0n) is 18.2. The third kappa shape index (κ3) is 4.82. The van der Waals surface area contributed by atoms with Crippen molar-refractivity contribution in [1.82, 2.24) is 4.31 Å². The van der Waals surface area contributed by atoms with Gasteiger partial charge in [-0.2, -0.15) is 0 Å². The van der Waals surface area contributed by atoms with Crippen LogP contribution in [-0.2, 0) is 10.0 Å². The lowest BCUT2D eigenvalue weighted by atomic mass is 10.1. The molecule has 3 aromatic rings. The van der Waals surface area contributed by atoms with Crippen LogP contribution in [0.15, 0.2) is 123 Å². The second-order valence-corrected chi connectivity index (χ2v) is 9.86. The molecule has 1 heterocycles. The second kappa shape index (κ2) is 9.57. The van der Waals surface area contributed by atoms with Gasteiger partial charge in [0.2, 0.25) is 0 Å². The summed E-state index contributed by atoms with van der Waals surface area (Å²) in [6.07, 6.45) is 3.32. The van der Waals surface area contributed by atoms with E-state index >= 15 is 0 Å². The van der Waals surface area contributed by atoms with Gasteiger partial charge in [0.1, 0.15) is 11.4 Å². The van der Waals surface area contributed by atoms with Crippen LogP contribution in [0, 0.1) is 6.92 Å². The van der Waals surface area contributed by atoms with E-state index in [1.807, 2.05) is 67.6 Å². The molecule has 0 unspecified atom stereocenters. The number of aryl methyl sites for hydroxylation is 1. The van der Waals surface area contributed by atoms with Crippen molar-refractivity contribution in [2.75, 3.05) is 7.05 Å². The normalized spacial score (nSPS) is 20.6. The van der Waals surface area contributed by atoms with Crippen LogP contribution in [0.4, 0.5) is 0 Å². The molecule has 0 saturated carbocycles. The van der Waals surface area contributed by atoms with Gasteiger partial charge in [-0.05, 0) is 31.2 Å². The number of likely N-dealkylation sites (N-methyl/N-ethyl adjacent to an activating group) is 1. The van der Waals surface area contributed by atoms with Gasteiger partial charge in [-0.1, -0.05) is 90.0 Å². The Morgan fingerprint density at radius 1 is 0.727 bits per heavy atom. The molecule has 0 spiro atoms. The van der Waals surface area contributed by atoms with E-state index in [-0.39, 0.29) is 4.90 Å². The maximum atomic E-state index is 13.4. The fourth-order valence-corrected chi connectivity index (χ4v) is 4.77. The van der Waals surface area contributed by atoms with E-state index in [4.69, 9.17) is 11.6 Å². The van der Waals surface area contributed by atoms with Crippen LogP contribution in [0.1, 0.15) is 16.7 Å². The zero-order valence-corrected chi connectivity index (χ0v) is 19.8. The first-order valence-electron chi connectivity index (χ1n) is 10.3. The molecule has 0 fully saturated rings. The van der Waals surface area contributed by atoms with Gasteiger partial charge in [-0.15, -0.1) is 10.2 Å². The fraction of sp³-hybridized carbons (Fsp3) is 0.0769. The van der Waals surface area contributed by atoms with E-state index in [9.17, 15) is 8.42 Å². The quantitative estimate of drug-likeness (QED) is 0.416. The molecule has 3 aromatic carbocycles. The van der Waals surface area contributed by atoms with Crippen LogP contribution in [0.2, 0.25) is 0 Å². The summed E-state index contributed by atoms with van der Waals surface area (Å²) in [5.41, 5.74) is 3.80. The Labute approximate surface area is 199 Å². The minimum Gasteiger partial charge on any atom is -0.267 e. The predicted molar refractivity (Wildman–Crippen MR) is 133 cm³/mol. The first-order valence-corrected chi connectivity index (χ1v) is 12.1. The minimum absolute atomic E-state index is 0.189. The van der Waals surface area contributed by atoms with Gasteiger partial charge in [0.15, 0.2) is 0 Å². The van der Waals surface area contributed by atoms with E-state index in [0.29, 0.717) is 22.1 Å². The second-order valence-electron chi connectivity index (χ2n) is 7.48. The molecule has 0 atom stereocenters. The van der Waals surface area contributed by atoms with Crippen LogP contribution in [-0.4, -0.2) is 19.8 Å². The van der Waals surface area contributed by atoms with Crippen LogP contribution in [0.25, 0.3) is 11.4 Å². The molecule has 7 heteroatoms. The van der Waals surface area contributed by atoms with Crippen molar-refractivity contribution in [3.63, 3.8) is 0 Å². The first kappa shape index (κ1) is 22.7. The number of benzene rings is 3. The van der Waals surface area contributed by atoms with E-state index in [0.717, 1.165) is 16.7 Å². The molecular formula is C26H22ClN3O2S. The number of azo groups is 1. The number of rotatable bonds is 5. The summed E-state index contributed by atoms with van der Waals surface area (Å²) in [7, 11) is -2.34. The molecule has 0 bridgehead atoms. The van der Waals surface area contributed by atoms with Crippen molar-refractivity contribution < 1.29 is 8.42 Å². The lowest BCUT2D eigenvalue weighted by Gasteiger charge is -2.23. The maximum absolute atomic E-state index is 13.4. The molecule has 1 aliphatic heterocycles. The number of hydrogen-bond donors (Lipinski definition) is 0. The minimum atomic E-state index is -3.84. The standard InChI is InChI=1S/C26H22ClN3O2S/c1-19-13-15-22(16-14-19)33(31,32)30(2)24-18-17-23(27)25(20-9-5-3-6-10-20)28-29-26(24)21-11-7-4-8-12-21/h3-18H,1-2H3/b18-17-,23-17?,24-18?,25-23-,26-24+,28-25?,29-26?,29-28+. The van der Waals surface area contributed by atoms with Crippen molar-refractivity contribution in [3.05, 3.63) is 125 Å². The number of nitrogens with zero attached hydrogens (tertiary/aromatic N) is 3. The molecule has 0 aromatic heterocycles. The SMILES string of the molecule is Cc1ccc(S(=O)(=O)N(C)C2=C(c3ccccc3)/N=N/C(c3ccccc3)=C(Cl)/C=C\2)cc1. The fourth-order valence-electron chi connectivity index (χ4n) is 3.35. The highest BCUT2D eigenvalue weighted by molar-refractivity contribution is 7.89. The van der Waals surface area contributed by atoms with E-state index in [1.54, 1.807) is 36.4 Å². The van der Waals surface area contributed by atoms with Crippen molar-refractivity contribution >= 4 is 33.0 Å². The highest BCUT2D eigenvalue weighted by atomic mass is 35.5. The van der Waals surface area contributed by atoms with Crippen LogP contribution >= 0.6 is 11.6 Å². The Morgan fingerprint density at radius 3 is 1.82 bits per heavy atom. The van der Waals surface area contributed by atoms with E-state index in [2.05, 4.69) is 10.2 Å². The maximum Gasteiger partial charge on any atom is 0.264 e. The van der Waals surface area contributed by atoms with Crippen molar-refractivity contribution in [2.45, 2.75) is 11.8 Å². The van der Waals surface area contributed by atoms with Crippen LogP contribution in [0.5, 0.6) is 0 Å². The van der Waals surface area contributed by atoms with E-state index in [1.165, 1.54) is 11.4 Å². The summed E-state index contributed by atoms with van der Waals surface area (Å²) in [5.74, 6) is 0.